The van der Waals surface area contributed by atoms with Crippen molar-refractivity contribution >= 4 is 29.3 Å². The van der Waals surface area contributed by atoms with E-state index in [9.17, 15) is 9.59 Å². The topological polar surface area (TPSA) is 78.4 Å². The normalized spacial score (nSPS) is 10.0. The van der Waals surface area contributed by atoms with Gasteiger partial charge in [-0.2, -0.15) is 0 Å². The Morgan fingerprint density at radius 1 is 1.32 bits per heavy atom. The van der Waals surface area contributed by atoms with E-state index in [1.54, 1.807) is 12.1 Å². The van der Waals surface area contributed by atoms with Crippen LogP contribution in [0.25, 0.3) is 0 Å². The van der Waals surface area contributed by atoms with E-state index in [0.29, 0.717) is 30.1 Å². The lowest BCUT2D eigenvalue weighted by Crippen LogP contribution is -2.29. The van der Waals surface area contributed by atoms with Crippen LogP contribution in [-0.4, -0.2) is 23.7 Å². The highest BCUT2D eigenvalue weighted by molar-refractivity contribution is 6.33. The molecule has 6 heteroatoms. The number of urea groups is 1. The molecule has 0 aromatic heterocycles. The van der Waals surface area contributed by atoms with Crippen LogP contribution in [0.3, 0.4) is 0 Å². The van der Waals surface area contributed by atoms with Gasteiger partial charge in [0, 0.05) is 13.0 Å². The van der Waals surface area contributed by atoms with Gasteiger partial charge in [0.25, 0.3) is 0 Å². The number of carboxylic acids is 1. The first-order valence-corrected chi connectivity index (χ1v) is 6.39. The number of nitrogens with one attached hydrogen (secondary N) is 2. The van der Waals surface area contributed by atoms with Gasteiger partial charge >= 0.3 is 12.0 Å². The quantitative estimate of drug-likeness (QED) is 0.703. The Morgan fingerprint density at radius 3 is 2.68 bits per heavy atom. The van der Waals surface area contributed by atoms with Gasteiger partial charge in [0.15, 0.2) is 0 Å². The van der Waals surface area contributed by atoms with Crippen LogP contribution in [0, 0.1) is 6.92 Å². The van der Waals surface area contributed by atoms with Crippen LogP contribution in [0.2, 0.25) is 5.02 Å². The summed E-state index contributed by atoms with van der Waals surface area (Å²) >= 11 is 5.98. The number of hydrogen-bond donors (Lipinski definition) is 3. The van der Waals surface area contributed by atoms with Crippen LogP contribution in [-0.2, 0) is 4.79 Å². The summed E-state index contributed by atoms with van der Waals surface area (Å²) < 4.78 is 0. The van der Waals surface area contributed by atoms with Crippen LogP contribution < -0.4 is 10.6 Å². The highest BCUT2D eigenvalue weighted by atomic mass is 35.5. The smallest absolute Gasteiger partial charge is 0.319 e. The van der Waals surface area contributed by atoms with Crippen molar-refractivity contribution < 1.29 is 14.7 Å². The Kier molecular flexibility index (Phi) is 6.15. The van der Waals surface area contributed by atoms with Crippen molar-refractivity contribution in [3.05, 3.63) is 28.8 Å². The molecule has 0 saturated heterocycles. The molecule has 19 heavy (non-hydrogen) atoms. The monoisotopic (exact) mass is 284 g/mol. The van der Waals surface area contributed by atoms with Gasteiger partial charge in [0.05, 0.1) is 10.7 Å². The average molecular weight is 285 g/mol. The molecule has 1 rings (SSSR count). The van der Waals surface area contributed by atoms with E-state index in [-0.39, 0.29) is 12.5 Å². The molecule has 0 aliphatic rings. The maximum atomic E-state index is 11.5. The number of aliphatic carboxylic acids is 1. The second-order valence-corrected chi connectivity index (χ2v) is 4.62. The van der Waals surface area contributed by atoms with Crippen LogP contribution in [0.1, 0.15) is 24.8 Å². The molecule has 1 aromatic carbocycles. The molecule has 0 heterocycles. The molecular weight excluding hydrogens is 268 g/mol. The molecule has 2 amide bonds. The van der Waals surface area contributed by atoms with Gasteiger partial charge in [0.1, 0.15) is 0 Å². The maximum absolute atomic E-state index is 11.5. The largest absolute Gasteiger partial charge is 0.481 e. The SMILES string of the molecule is Cc1ccc(NC(=O)NCCCCC(=O)O)c(Cl)c1. The first kappa shape index (κ1) is 15.3. The van der Waals surface area contributed by atoms with E-state index in [1.807, 2.05) is 13.0 Å². The number of carbonyl (C=O) groups is 2. The molecule has 0 bridgehead atoms. The van der Waals surface area contributed by atoms with Crippen LogP contribution >= 0.6 is 11.6 Å². The van der Waals surface area contributed by atoms with Crippen molar-refractivity contribution in [3.63, 3.8) is 0 Å². The van der Waals surface area contributed by atoms with Crippen molar-refractivity contribution in [1.29, 1.82) is 0 Å². The third-order valence-electron chi connectivity index (χ3n) is 2.48. The number of aryl methyl sites for hydroxylation is 1. The lowest BCUT2D eigenvalue weighted by atomic mass is 10.2. The van der Waals surface area contributed by atoms with Crippen LogP contribution in [0.4, 0.5) is 10.5 Å². The third kappa shape index (κ3) is 6.10. The first-order valence-electron chi connectivity index (χ1n) is 6.02. The van der Waals surface area contributed by atoms with E-state index in [2.05, 4.69) is 10.6 Å². The van der Waals surface area contributed by atoms with Gasteiger partial charge in [-0.15, -0.1) is 0 Å². The Labute approximate surface area is 117 Å². The molecule has 104 valence electrons. The van der Waals surface area contributed by atoms with Crippen LogP contribution in [0.15, 0.2) is 18.2 Å². The Hall–Kier alpha value is -1.75. The third-order valence-corrected chi connectivity index (χ3v) is 2.79. The van der Waals surface area contributed by atoms with Crippen molar-refractivity contribution in [2.75, 3.05) is 11.9 Å². The molecule has 0 saturated carbocycles. The number of unbranched alkanes of at least 4 members (excludes halogenated alkanes) is 1. The second kappa shape index (κ2) is 7.63. The molecule has 0 atom stereocenters. The summed E-state index contributed by atoms with van der Waals surface area (Å²) in [5.74, 6) is -0.823. The zero-order valence-electron chi connectivity index (χ0n) is 10.7. The molecule has 0 aliphatic carbocycles. The summed E-state index contributed by atoms with van der Waals surface area (Å²) in [6.07, 6.45) is 1.29. The minimum Gasteiger partial charge on any atom is -0.481 e. The summed E-state index contributed by atoms with van der Waals surface area (Å²) in [6.45, 7) is 2.35. The maximum Gasteiger partial charge on any atom is 0.319 e. The molecule has 1 aromatic rings. The van der Waals surface area contributed by atoms with Crippen molar-refractivity contribution in [3.8, 4) is 0 Å². The molecule has 0 aliphatic heterocycles. The predicted octanol–water partition coefficient (Wildman–Crippen LogP) is 3.02. The minimum atomic E-state index is -0.823. The van der Waals surface area contributed by atoms with E-state index in [4.69, 9.17) is 16.7 Å². The van der Waals surface area contributed by atoms with E-state index >= 15 is 0 Å². The fourth-order valence-corrected chi connectivity index (χ4v) is 1.77. The van der Waals surface area contributed by atoms with Crippen molar-refractivity contribution in [2.45, 2.75) is 26.2 Å². The fraction of sp³-hybridized carbons (Fsp3) is 0.385. The van der Waals surface area contributed by atoms with Gasteiger partial charge in [-0.25, -0.2) is 4.79 Å². The van der Waals surface area contributed by atoms with Crippen molar-refractivity contribution in [2.24, 2.45) is 0 Å². The average Bonchev–Trinajstić information content (AvgIpc) is 2.32. The van der Waals surface area contributed by atoms with Gasteiger partial charge in [0.2, 0.25) is 0 Å². The summed E-state index contributed by atoms with van der Waals surface area (Å²) in [6, 6.07) is 5.01. The summed E-state index contributed by atoms with van der Waals surface area (Å²) in [7, 11) is 0. The van der Waals surface area contributed by atoms with Gasteiger partial charge < -0.3 is 15.7 Å². The number of amides is 2. The zero-order valence-corrected chi connectivity index (χ0v) is 11.5. The van der Waals surface area contributed by atoms with Crippen LogP contribution in [0.5, 0.6) is 0 Å². The van der Waals surface area contributed by atoms with E-state index in [0.717, 1.165) is 5.56 Å². The lowest BCUT2D eigenvalue weighted by molar-refractivity contribution is -0.137. The molecule has 0 unspecified atom stereocenters. The molecule has 3 N–H and O–H groups in total. The summed E-state index contributed by atoms with van der Waals surface area (Å²) in [5, 5.41) is 14.2. The van der Waals surface area contributed by atoms with Gasteiger partial charge in [-0.3, -0.25) is 4.79 Å². The van der Waals surface area contributed by atoms with Crippen molar-refractivity contribution in [1.82, 2.24) is 5.32 Å². The molecule has 0 radical (unpaired) electrons. The number of carboxylic acid groups (broad SMARTS) is 1. The summed E-state index contributed by atoms with van der Waals surface area (Å²) in [5.41, 5.74) is 1.57. The second-order valence-electron chi connectivity index (χ2n) is 4.22. The first-order chi connectivity index (χ1) is 8.99. The highest BCUT2D eigenvalue weighted by Gasteiger charge is 2.05. The Morgan fingerprint density at radius 2 is 2.05 bits per heavy atom. The lowest BCUT2D eigenvalue weighted by Gasteiger charge is -2.09. The molecule has 0 spiro atoms. The number of anilines is 1. The van der Waals surface area contributed by atoms with Gasteiger partial charge in [-0.05, 0) is 37.5 Å². The minimum absolute atomic E-state index is 0.118. The zero-order chi connectivity index (χ0) is 14.3. The Balaban J connectivity index is 2.29. The number of hydrogen-bond acceptors (Lipinski definition) is 2. The number of rotatable bonds is 6. The van der Waals surface area contributed by atoms with Gasteiger partial charge in [-0.1, -0.05) is 17.7 Å². The number of halogens is 1. The highest BCUT2D eigenvalue weighted by Crippen LogP contribution is 2.22. The Bertz CT molecular complexity index is 463. The standard InChI is InChI=1S/C13H17ClN2O3/c1-9-5-6-11(10(14)8-9)16-13(19)15-7-3-2-4-12(17)18/h5-6,8H,2-4,7H2,1H3,(H,17,18)(H2,15,16,19). The summed E-state index contributed by atoms with van der Waals surface area (Å²) in [4.78, 5) is 21.8. The number of carbonyl (C=O) groups excluding carboxylic acids is 1. The molecule has 0 fully saturated rings. The predicted molar refractivity (Wildman–Crippen MR) is 74.7 cm³/mol. The fourth-order valence-electron chi connectivity index (χ4n) is 1.49. The van der Waals surface area contributed by atoms with E-state index < -0.39 is 5.97 Å². The number of benzene rings is 1. The van der Waals surface area contributed by atoms with E-state index in [1.165, 1.54) is 0 Å². The molecular formula is C13H17ClN2O3. The molecule has 5 nitrogen and oxygen atoms in total.